The fourth-order valence-electron chi connectivity index (χ4n) is 0. The van der Waals surface area contributed by atoms with Crippen LogP contribution in [0, 0.1) is 0 Å². The minimum Gasteiger partial charge on any atom is -1.00 e. The summed E-state index contributed by atoms with van der Waals surface area (Å²) in [6.45, 7) is 0. The maximum Gasteiger partial charge on any atom is 1.00 e. The Bertz CT molecular complexity index is 4.00. The minimum absolute atomic E-state index is 0. The second-order valence-electron chi connectivity index (χ2n) is 0. The summed E-state index contributed by atoms with van der Waals surface area (Å²) in [5.41, 5.74) is 0. The third kappa shape index (κ3) is 8.89. The number of rotatable bonds is 0. The van der Waals surface area contributed by atoms with Crippen LogP contribution in [0.25, 0.3) is 0 Å². The second kappa shape index (κ2) is 19.0. The Hall–Kier alpha value is 2.18. The van der Waals surface area contributed by atoms with Crippen LogP contribution >= 0.6 is 0 Å². The molecule has 0 rings (SSSR count). The van der Waals surface area contributed by atoms with Crippen molar-refractivity contribution in [3.05, 3.63) is 0 Å². The van der Waals surface area contributed by atoms with Gasteiger partial charge >= 0.3 is 44.8 Å². The number of hydrogen-bond donors (Lipinski definition) is 0. The van der Waals surface area contributed by atoms with Gasteiger partial charge in [0.05, 0.1) is 0 Å². The molecule has 34 valence electrons. The molecule has 0 aromatic heterocycles. The van der Waals surface area contributed by atoms with Gasteiger partial charge in [-0.05, 0) is 0 Å². The van der Waals surface area contributed by atoms with Crippen molar-refractivity contribution in [1.82, 2.24) is 0 Å². The van der Waals surface area contributed by atoms with Crippen LogP contribution in [0.15, 0.2) is 0 Å². The molecular formula is Au2S2. The largest absolute Gasteiger partial charge is 1.00 e. The van der Waals surface area contributed by atoms with E-state index in [4.69, 9.17) is 0 Å². The Labute approximate surface area is 67.4 Å². The first-order valence-corrected chi connectivity index (χ1v) is 1.50. The summed E-state index contributed by atoms with van der Waals surface area (Å²) >= 11 is 7.33. The first kappa shape index (κ1) is 16.4. The zero-order valence-electron chi connectivity index (χ0n) is 1.42. The summed E-state index contributed by atoms with van der Waals surface area (Å²) in [4.78, 5) is 0. The quantitative estimate of drug-likeness (QED) is 0.285. The van der Waals surface area contributed by atoms with Crippen LogP contribution < -0.4 is 0 Å². The van der Waals surface area contributed by atoms with E-state index in [1.165, 1.54) is 0 Å². The summed E-state index contributed by atoms with van der Waals surface area (Å²) < 4.78 is 0. The van der Waals surface area contributed by atoms with Gasteiger partial charge < -0.3 is 23.3 Å². The van der Waals surface area contributed by atoms with E-state index in [-0.39, 0.29) is 44.8 Å². The summed E-state index contributed by atoms with van der Waals surface area (Å²) in [5, 5.41) is 0. The molecule has 0 unspecified atom stereocenters. The van der Waals surface area contributed by atoms with Crippen molar-refractivity contribution in [1.29, 1.82) is 0 Å². The van der Waals surface area contributed by atoms with Gasteiger partial charge in [-0.25, -0.2) is 0 Å². The fourth-order valence-corrected chi connectivity index (χ4v) is 0. The van der Waals surface area contributed by atoms with E-state index >= 15 is 0 Å². The first-order valence-electron chi connectivity index (χ1n) is 0.167. The summed E-state index contributed by atoms with van der Waals surface area (Å²) in [6.07, 6.45) is 0. The molecule has 0 aliphatic heterocycles. The molecule has 0 amide bonds. The summed E-state index contributed by atoms with van der Waals surface area (Å²) in [6, 6.07) is 0. The van der Waals surface area contributed by atoms with Crippen molar-refractivity contribution in [2.45, 2.75) is 0 Å². The Morgan fingerprint density at radius 2 is 0.750 bits per heavy atom. The standard InChI is InChI=1S/2Au.S2/c;;1-2/q2*+1;-2. The molecule has 0 aliphatic rings. The average molecular weight is 458 g/mol. The van der Waals surface area contributed by atoms with Crippen molar-refractivity contribution >= 4 is 23.3 Å². The van der Waals surface area contributed by atoms with Gasteiger partial charge in [0.25, 0.3) is 0 Å². The van der Waals surface area contributed by atoms with E-state index in [1.54, 1.807) is 0 Å². The second-order valence-corrected chi connectivity index (χ2v) is 0. The molecule has 4 heavy (non-hydrogen) atoms. The number of hydrogen-bond acceptors (Lipinski definition) is 2. The van der Waals surface area contributed by atoms with Crippen LogP contribution in [0.1, 0.15) is 0 Å². The van der Waals surface area contributed by atoms with Crippen molar-refractivity contribution in [2.24, 2.45) is 0 Å². The molecule has 0 radical (unpaired) electrons. The van der Waals surface area contributed by atoms with Crippen molar-refractivity contribution in [3.8, 4) is 0 Å². The molecule has 0 saturated heterocycles. The molecule has 0 atom stereocenters. The predicted molar refractivity (Wildman–Crippen MR) is 14.7 cm³/mol. The van der Waals surface area contributed by atoms with Crippen molar-refractivity contribution < 1.29 is 44.8 Å². The van der Waals surface area contributed by atoms with Crippen LogP contribution in [0.5, 0.6) is 0 Å². The maximum atomic E-state index is 3.67. The normalized spacial score (nSPS) is 1.50. The third-order valence-electron chi connectivity index (χ3n) is 0. The SMILES string of the molecule is [Au+].[Au+].[S-][S-]. The van der Waals surface area contributed by atoms with Gasteiger partial charge in [0.1, 0.15) is 0 Å². The predicted octanol–water partition coefficient (Wildman–Crippen LogP) is -0.00980. The van der Waals surface area contributed by atoms with Gasteiger partial charge in [-0.1, -0.05) is 0 Å². The molecule has 0 saturated carbocycles. The van der Waals surface area contributed by atoms with Crippen molar-refractivity contribution in [3.63, 3.8) is 0 Å². The average Bonchev–Trinajstić information content (AvgIpc) is 1.00. The Morgan fingerprint density at radius 3 is 0.750 bits per heavy atom. The van der Waals surface area contributed by atoms with Crippen LogP contribution in [0.3, 0.4) is 0 Å². The molecule has 0 heterocycles. The van der Waals surface area contributed by atoms with Gasteiger partial charge in [-0.3, -0.25) is 0 Å². The zero-order valence-corrected chi connectivity index (χ0v) is 7.39. The molecule has 0 aliphatic carbocycles. The van der Waals surface area contributed by atoms with Crippen LogP contribution in [-0.4, -0.2) is 0 Å². The maximum absolute atomic E-state index is 3.67. The monoisotopic (exact) mass is 458 g/mol. The molecule has 0 N–H and O–H groups in total. The topological polar surface area (TPSA) is 0 Å². The summed E-state index contributed by atoms with van der Waals surface area (Å²) in [7, 11) is 0. The van der Waals surface area contributed by atoms with E-state index in [2.05, 4.69) is 23.3 Å². The molecular weight excluding hydrogens is 458 g/mol. The van der Waals surface area contributed by atoms with Gasteiger partial charge in [0, 0.05) is 0 Å². The first-order chi connectivity index (χ1) is 1.00. The molecule has 0 fully saturated rings. The molecule has 0 aromatic carbocycles. The molecule has 0 nitrogen and oxygen atoms in total. The molecule has 0 bridgehead atoms. The fraction of sp³-hybridized carbons (Fsp3) is 0. The van der Waals surface area contributed by atoms with Gasteiger partial charge in [0.15, 0.2) is 0 Å². The van der Waals surface area contributed by atoms with E-state index in [9.17, 15) is 0 Å². The van der Waals surface area contributed by atoms with Crippen LogP contribution in [0.2, 0.25) is 0 Å². The Morgan fingerprint density at radius 1 is 0.750 bits per heavy atom. The van der Waals surface area contributed by atoms with Gasteiger partial charge in [-0.2, -0.15) is 0 Å². The Balaban J connectivity index is -0.00000000500. The van der Waals surface area contributed by atoms with E-state index in [1.807, 2.05) is 0 Å². The molecule has 4 heteroatoms. The van der Waals surface area contributed by atoms with Gasteiger partial charge in [-0.15, -0.1) is 0 Å². The summed E-state index contributed by atoms with van der Waals surface area (Å²) in [5.74, 6) is 0. The smallest absolute Gasteiger partial charge is 1.00 e. The van der Waals surface area contributed by atoms with E-state index < -0.39 is 0 Å². The van der Waals surface area contributed by atoms with Crippen LogP contribution in [-0.2, 0) is 68.1 Å². The third-order valence-corrected chi connectivity index (χ3v) is 0. The minimum atomic E-state index is 0. The van der Waals surface area contributed by atoms with Crippen LogP contribution in [0.4, 0.5) is 0 Å². The van der Waals surface area contributed by atoms with E-state index in [0.717, 1.165) is 0 Å². The van der Waals surface area contributed by atoms with E-state index in [0.29, 0.717) is 0 Å². The van der Waals surface area contributed by atoms with Gasteiger partial charge in [0.2, 0.25) is 0 Å². The zero-order chi connectivity index (χ0) is 2.00. The van der Waals surface area contributed by atoms with Crippen molar-refractivity contribution in [2.75, 3.05) is 0 Å². The Kier molecular flexibility index (Phi) is 78.1. The molecule has 0 spiro atoms. The molecule has 0 aromatic rings.